The maximum Gasteiger partial charge on any atom is 0.313 e. The van der Waals surface area contributed by atoms with Crippen molar-refractivity contribution in [2.75, 3.05) is 20.8 Å². The Hall–Kier alpha value is -1.70. The van der Waals surface area contributed by atoms with Gasteiger partial charge in [0.2, 0.25) is 5.91 Å². The van der Waals surface area contributed by atoms with Crippen molar-refractivity contribution < 1.29 is 23.9 Å². The Bertz CT molecular complexity index is 720. The van der Waals surface area contributed by atoms with E-state index in [0.717, 1.165) is 5.56 Å². The molecule has 10 heteroatoms. The molecule has 2 rings (SSSR count). The summed E-state index contributed by atoms with van der Waals surface area (Å²) in [6.07, 6.45) is 0. The van der Waals surface area contributed by atoms with Crippen LogP contribution < -0.4 is 10.1 Å². The Balaban J connectivity index is 2.26. The predicted octanol–water partition coefficient (Wildman–Crippen LogP) is 2.24. The van der Waals surface area contributed by atoms with Gasteiger partial charge in [-0.2, -0.15) is 0 Å². The fourth-order valence-corrected chi connectivity index (χ4v) is 3.08. The van der Waals surface area contributed by atoms with E-state index in [-0.39, 0.29) is 12.6 Å². The number of carbonyl (C=O) groups is 3. The fourth-order valence-electron chi connectivity index (χ4n) is 2.92. The molecule has 1 aliphatic heterocycles. The van der Waals surface area contributed by atoms with E-state index in [9.17, 15) is 14.4 Å². The highest BCUT2D eigenvalue weighted by Crippen LogP contribution is 2.32. The molecule has 1 heterocycles. The van der Waals surface area contributed by atoms with Crippen LogP contribution in [0.25, 0.3) is 0 Å². The summed E-state index contributed by atoms with van der Waals surface area (Å²) in [5, 5.41) is 2.34. The molecule has 2 amide bonds. The number of benzene rings is 1. The van der Waals surface area contributed by atoms with E-state index < -0.39 is 33.5 Å². The van der Waals surface area contributed by atoms with Gasteiger partial charge in [-0.1, -0.05) is 46.9 Å². The lowest BCUT2D eigenvalue weighted by Crippen LogP contribution is -2.49. The molecule has 1 aliphatic rings. The number of carbonyl (C=O) groups excluding carboxylic acids is 3. The van der Waals surface area contributed by atoms with E-state index in [1.54, 1.807) is 19.2 Å². The standard InChI is InChI=1S/C17H19Cl3N2O5/c1-9(10-4-6-11(26-2)7-5-10)22-8-12(15(24)27-3)13(14(22)23)21-16(25)17(18,19)20/h4-7,9,12-13H,8H2,1-3H3,(H,21,25)/t9-,12+,13-/m0/s1. The van der Waals surface area contributed by atoms with Crippen molar-refractivity contribution >= 4 is 52.6 Å². The minimum absolute atomic E-state index is 0.0590. The predicted molar refractivity (Wildman–Crippen MR) is 101 cm³/mol. The van der Waals surface area contributed by atoms with Gasteiger partial charge in [0, 0.05) is 6.54 Å². The molecule has 0 aromatic heterocycles. The molecule has 148 valence electrons. The third-order valence-corrected chi connectivity index (χ3v) is 4.97. The van der Waals surface area contributed by atoms with Crippen molar-refractivity contribution in [1.29, 1.82) is 0 Å². The van der Waals surface area contributed by atoms with E-state index in [4.69, 9.17) is 44.3 Å². The van der Waals surface area contributed by atoms with Gasteiger partial charge in [0.25, 0.3) is 9.70 Å². The van der Waals surface area contributed by atoms with Crippen LogP contribution in [0.4, 0.5) is 0 Å². The number of rotatable bonds is 5. The van der Waals surface area contributed by atoms with Gasteiger partial charge in [0.15, 0.2) is 0 Å². The van der Waals surface area contributed by atoms with Crippen LogP contribution in [0.1, 0.15) is 18.5 Å². The van der Waals surface area contributed by atoms with Crippen LogP contribution in [-0.4, -0.2) is 53.3 Å². The Morgan fingerprint density at radius 2 is 1.81 bits per heavy atom. The van der Waals surface area contributed by atoms with E-state index in [0.29, 0.717) is 5.75 Å². The minimum atomic E-state index is -2.25. The van der Waals surface area contributed by atoms with E-state index in [1.165, 1.54) is 12.0 Å². The number of esters is 1. The SMILES string of the molecule is COC(=O)[C@@H]1CN([C@@H](C)c2ccc(OC)cc2)C(=O)[C@H]1NC(=O)C(Cl)(Cl)Cl. The average Bonchev–Trinajstić information content (AvgIpc) is 2.96. The highest BCUT2D eigenvalue weighted by atomic mass is 35.6. The Kier molecular flexibility index (Phi) is 6.83. The van der Waals surface area contributed by atoms with Gasteiger partial charge in [-0.3, -0.25) is 14.4 Å². The zero-order valence-electron chi connectivity index (χ0n) is 14.9. The van der Waals surface area contributed by atoms with Gasteiger partial charge >= 0.3 is 5.97 Å². The number of halogens is 3. The zero-order valence-corrected chi connectivity index (χ0v) is 17.1. The molecule has 0 aliphatic carbocycles. The molecule has 0 radical (unpaired) electrons. The summed E-state index contributed by atoms with van der Waals surface area (Å²) in [7, 11) is 2.76. The first-order chi connectivity index (χ1) is 12.6. The molecule has 3 atom stereocenters. The van der Waals surface area contributed by atoms with Crippen molar-refractivity contribution in [2.45, 2.75) is 22.8 Å². The molecule has 7 nitrogen and oxygen atoms in total. The smallest absolute Gasteiger partial charge is 0.313 e. The molecule has 0 saturated carbocycles. The summed E-state index contributed by atoms with van der Waals surface area (Å²) in [5.74, 6) is -2.32. The number of methoxy groups -OCH3 is 2. The second kappa shape index (κ2) is 8.54. The maximum atomic E-state index is 12.9. The quantitative estimate of drug-likeness (QED) is 0.564. The van der Waals surface area contributed by atoms with Crippen LogP contribution in [0.5, 0.6) is 5.75 Å². The average molecular weight is 438 g/mol. The van der Waals surface area contributed by atoms with Gasteiger partial charge in [0.1, 0.15) is 17.7 Å². The number of hydrogen-bond acceptors (Lipinski definition) is 5. The summed E-state index contributed by atoms with van der Waals surface area (Å²) >= 11 is 16.7. The minimum Gasteiger partial charge on any atom is -0.497 e. The fraction of sp³-hybridized carbons (Fsp3) is 0.471. The number of hydrogen-bond donors (Lipinski definition) is 1. The number of ether oxygens (including phenoxy) is 2. The molecule has 1 saturated heterocycles. The molecule has 1 aromatic carbocycles. The zero-order chi connectivity index (χ0) is 20.4. The van der Waals surface area contributed by atoms with Gasteiger partial charge in [-0.05, 0) is 24.6 Å². The first-order valence-corrected chi connectivity index (χ1v) is 9.13. The van der Waals surface area contributed by atoms with Gasteiger partial charge in [-0.25, -0.2) is 0 Å². The Morgan fingerprint density at radius 3 is 2.30 bits per heavy atom. The van der Waals surface area contributed by atoms with Crippen LogP contribution in [0.3, 0.4) is 0 Å². The van der Waals surface area contributed by atoms with Crippen molar-refractivity contribution in [3.05, 3.63) is 29.8 Å². The molecule has 1 N–H and O–H groups in total. The highest BCUT2D eigenvalue weighted by molar-refractivity contribution is 6.76. The van der Waals surface area contributed by atoms with Crippen LogP contribution in [0.15, 0.2) is 24.3 Å². The lowest BCUT2D eigenvalue weighted by atomic mass is 10.0. The van der Waals surface area contributed by atoms with Gasteiger partial charge in [-0.15, -0.1) is 0 Å². The first-order valence-electron chi connectivity index (χ1n) is 8.00. The Labute approximate surface area is 171 Å². The molecular formula is C17H19Cl3N2O5. The number of alkyl halides is 3. The van der Waals surface area contributed by atoms with Crippen LogP contribution in [-0.2, 0) is 19.1 Å². The highest BCUT2D eigenvalue weighted by Gasteiger charge is 2.49. The van der Waals surface area contributed by atoms with Crippen molar-refractivity contribution in [3.63, 3.8) is 0 Å². The molecular weight excluding hydrogens is 419 g/mol. The van der Waals surface area contributed by atoms with E-state index >= 15 is 0 Å². The largest absolute Gasteiger partial charge is 0.497 e. The molecule has 0 spiro atoms. The monoisotopic (exact) mass is 436 g/mol. The molecule has 27 heavy (non-hydrogen) atoms. The number of amides is 2. The maximum absolute atomic E-state index is 12.9. The van der Waals surface area contributed by atoms with Crippen LogP contribution in [0, 0.1) is 5.92 Å². The second-order valence-electron chi connectivity index (χ2n) is 6.02. The van der Waals surface area contributed by atoms with E-state index in [1.807, 2.05) is 19.1 Å². The van der Waals surface area contributed by atoms with Gasteiger partial charge in [0.05, 0.1) is 20.3 Å². The summed E-state index contributed by atoms with van der Waals surface area (Å²) in [6.45, 7) is 1.87. The second-order valence-corrected chi connectivity index (χ2v) is 8.30. The van der Waals surface area contributed by atoms with E-state index in [2.05, 4.69) is 5.32 Å². The van der Waals surface area contributed by atoms with Crippen molar-refractivity contribution in [3.8, 4) is 5.75 Å². The first kappa shape index (κ1) is 21.6. The normalized spacial score (nSPS) is 21.0. The topological polar surface area (TPSA) is 84.9 Å². The molecule has 0 bridgehead atoms. The lowest BCUT2D eigenvalue weighted by molar-refractivity contribution is -0.146. The number of likely N-dealkylation sites (tertiary alicyclic amines) is 1. The third kappa shape index (κ3) is 4.78. The lowest BCUT2D eigenvalue weighted by Gasteiger charge is -2.25. The molecule has 1 aromatic rings. The van der Waals surface area contributed by atoms with Crippen molar-refractivity contribution in [2.24, 2.45) is 5.92 Å². The number of nitrogens with zero attached hydrogens (tertiary/aromatic N) is 1. The van der Waals surface area contributed by atoms with Crippen LogP contribution >= 0.6 is 34.8 Å². The summed E-state index contributed by atoms with van der Waals surface area (Å²) < 4.78 is 7.63. The van der Waals surface area contributed by atoms with Gasteiger partial charge < -0.3 is 19.7 Å². The van der Waals surface area contributed by atoms with Crippen molar-refractivity contribution in [1.82, 2.24) is 10.2 Å². The Morgan fingerprint density at radius 1 is 1.22 bits per heavy atom. The molecule has 1 fully saturated rings. The summed E-state index contributed by atoms with van der Waals surface area (Å²) in [4.78, 5) is 38.5. The number of nitrogens with one attached hydrogen (secondary N) is 1. The third-order valence-electron chi connectivity index (χ3n) is 4.46. The summed E-state index contributed by atoms with van der Waals surface area (Å²) in [6, 6.07) is 5.64. The molecule has 0 unspecified atom stereocenters. The van der Waals surface area contributed by atoms with Crippen LogP contribution in [0.2, 0.25) is 0 Å². The summed E-state index contributed by atoms with van der Waals surface area (Å²) in [5.41, 5.74) is 0.834.